The molecule has 0 aromatic heterocycles. The van der Waals surface area contributed by atoms with E-state index < -0.39 is 0 Å². The van der Waals surface area contributed by atoms with Crippen LogP contribution in [0, 0.1) is 5.82 Å². The molecule has 1 aromatic rings. The van der Waals surface area contributed by atoms with Crippen molar-refractivity contribution in [3.05, 3.63) is 30.1 Å². The number of hydrogen-bond donors (Lipinski definition) is 1. The Morgan fingerprint density at radius 2 is 2.31 bits per heavy atom. The summed E-state index contributed by atoms with van der Waals surface area (Å²) in [7, 11) is 0. The zero-order chi connectivity index (χ0) is 9.68. The van der Waals surface area contributed by atoms with Crippen molar-refractivity contribution < 1.29 is 4.39 Å². The van der Waals surface area contributed by atoms with Crippen LogP contribution >= 0.6 is 11.8 Å². The van der Waals surface area contributed by atoms with Crippen LogP contribution in [0.3, 0.4) is 0 Å². The zero-order valence-electron chi connectivity index (χ0n) is 7.66. The van der Waals surface area contributed by atoms with Crippen molar-refractivity contribution in [2.75, 3.05) is 6.54 Å². The van der Waals surface area contributed by atoms with Crippen molar-refractivity contribution in [2.24, 2.45) is 5.73 Å². The van der Waals surface area contributed by atoms with E-state index in [0.29, 0.717) is 11.8 Å². The molecule has 1 rings (SSSR count). The van der Waals surface area contributed by atoms with E-state index in [1.165, 1.54) is 6.07 Å². The van der Waals surface area contributed by atoms with E-state index in [1.807, 2.05) is 6.07 Å². The molecular weight excluding hydrogens is 185 g/mol. The van der Waals surface area contributed by atoms with Gasteiger partial charge in [0.25, 0.3) is 0 Å². The number of halogens is 1. The lowest BCUT2D eigenvalue weighted by molar-refractivity contribution is 0.624. The Hall–Kier alpha value is -0.540. The third kappa shape index (κ3) is 3.36. The summed E-state index contributed by atoms with van der Waals surface area (Å²) in [5.74, 6) is -0.183. The van der Waals surface area contributed by atoms with Crippen LogP contribution in [0.25, 0.3) is 0 Å². The summed E-state index contributed by atoms with van der Waals surface area (Å²) >= 11 is 1.64. The van der Waals surface area contributed by atoms with Crippen molar-refractivity contribution in [1.82, 2.24) is 0 Å². The predicted molar refractivity (Wildman–Crippen MR) is 55.4 cm³/mol. The molecule has 1 nitrogen and oxygen atoms in total. The van der Waals surface area contributed by atoms with Gasteiger partial charge in [0.05, 0.1) is 0 Å². The number of benzene rings is 1. The molecule has 1 atom stereocenters. The Morgan fingerprint density at radius 3 is 2.85 bits per heavy atom. The minimum atomic E-state index is -0.183. The Labute approximate surface area is 82.5 Å². The van der Waals surface area contributed by atoms with E-state index in [2.05, 4.69) is 6.92 Å². The largest absolute Gasteiger partial charge is 0.329 e. The first-order valence-corrected chi connectivity index (χ1v) is 5.26. The molecule has 0 amide bonds. The van der Waals surface area contributed by atoms with E-state index in [4.69, 9.17) is 5.73 Å². The van der Waals surface area contributed by atoms with Crippen molar-refractivity contribution in [1.29, 1.82) is 0 Å². The lowest BCUT2D eigenvalue weighted by Gasteiger charge is -2.11. The van der Waals surface area contributed by atoms with Gasteiger partial charge in [-0.2, -0.15) is 0 Å². The topological polar surface area (TPSA) is 26.0 Å². The minimum absolute atomic E-state index is 0.183. The predicted octanol–water partition coefficient (Wildman–Crippen LogP) is 2.66. The van der Waals surface area contributed by atoms with Crippen LogP contribution in [0.4, 0.5) is 4.39 Å². The smallest absolute Gasteiger partial charge is 0.124 e. The minimum Gasteiger partial charge on any atom is -0.329 e. The summed E-state index contributed by atoms with van der Waals surface area (Å²) in [5, 5.41) is 0.391. The first kappa shape index (κ1) is 10.5. The maximum absolute atomic E-state index is 12.8. The molecule has 0 saturated carbocycles. The molecule has 0 aliphatic rings. The molecule has 0 bridgehead atoms. The molecule has 0 saturated heterocycles. The van der Waals surface area contributed by atoms with Crippen LogP contribution in [0.5, 0.6) is 0 Å². The SMILES string of the molecule is CCC(CN)Sc1cccc(F)c1. The zero-order valence-corrected chi connectivity index (χ0v) is 8.48. The van der Waals surface area contributed by atoms with Gasteiger partial charge in [-0.05, 0) is 24.6 Å². The maximum Gasteiger partial charge on any atom is 0.124 e. The van der Waals surface area contributed by atoms with Gasteiger partial charge in [0, 0.05) is 16.7 Å². The van der Waals surface area contributed by atoms with E-state index >= 15 is 0 Å². The molecule has 0 fully saturated rings. The van der Waals surface area contributed by atoms with E-state index in [9.17, 15) is 4.39 Å². The highest BCUT2D eigenvalue weighted by atomic mass is 32.2. The van der Waals surface area contributed by atoms with Gasteiger partial charge in [-0.25, -0.2) is 4.39 Å². The Morgan fingerprint density at radius 1 is 1.54 bits per heavy atom. The summed E-state index contributed by atoms with van der Waals surface area (Å²) in [5.41, 5.74) is 5.55. The van der Waals surface area contributed by atoms with Gasteiger partial charge in [0.15, 0.2) is 0 Å². The van der Waals surface area contributed by atoms with Gasteiger partial charge in [0.1, 0.15) is 5.82 Å². The molecule has 0 spiro atoms. The molecule has 0 aliphatic carbocycles. The Bertz CT molecular complexity index is 261. The fourth-order valence-corrected chi connectivity index (χ4v) is 2.02. The highest BCUT2D eigenvalue weighted by molar-refractivity contribution is 8.00. The number of nitrogens with two attached hydrogens (primary N) is 1. The standard InChI is InChI=1S/C10H14FNS/c1-2-9(7-12)13-10-5-3-4-8(11)6-10/h3-6,9H,2,7,12H2,1H3. The van der Waals surface area contributed by atoms with Crippen molar-refractivity contribution in [2.45, 2.75) is 23.5 Å². The molecule has 1 unspecified atom stereocenters. The van der Waals surface area contributed by atoms with E-state index in [-0.39, 0.29) is 5.82 Å². The summed E-state index contributed by atoms with van der Waals surface area (Å²) in [6, 6.07) is 6.63. The summed E-state index contributed by atoms with van der Waals surface area (Å²) in [4.78, 5) is 0.956. The van der Waals surface area contributed by atoms with Gasteiger partial charge in [-0.3, -0.25) is 0 Å². The highest BCUT2D eigenvalue weighted by Crippen LogP contribution is 2.24. The van der Waals surface area contributed by atoms with Crippen molar-refractivity contribution >= 4 is 11.8 Å². The maximum atomic E-state index is 12.8. The number of hydrogen-bond acceptors (Lipinski definition) is 2. The van der Waals surface area contributed by atoms with Gasteiger partial charge >= 0.3 is 0 Å². The second-order valence-corrected chi connectivity index (χ2v) is 4.21. The quantitative estimate of drug-likeness (QED) is 0.754. The van der Waals surface area contributed by atoms with Gasteiger partial charge in [-0.15, -0.1) is 11.8 Å². The molecule has 72 valence electrons. The van der Waals surface area contributed by atoms with E-state index in [1.54, 1.807) is 23.9 Å². The first-order chi connectivity index (χ1) is 6.26. The fourth-order valence-electron chi connectivity index (χ4n) is 1.03. The third-order valence-corrected chi connectivity index (χ3v) is 3.20. The van der Waals surface area contributed by atoms with Crippen LogP contribution in [0.2, 0.25) is 0 Å². The third-order valence-electron chi connectivity index (χ3n) is 1.82. The summed E-state index contributed by atoms with van der Waals surface area (Å²) in [6.07, 6.45) is 1.01. The van der Waals surface area contributed by atoms with Gasteiger partial charge < -0.3 is 5.73 Å². The average Bonchev–Trinajstić information content (AvgIpc) is 2.14. The van der Waals surface area contributed by atoms with Crippen LogP contribution in [-0.4, -0.2) is 11.8 Å². The first-order valence-electron chi connectivity index (χ1n) is 4.38. The van der Waals surface area contributed by atoms with Crippen LogP contribution in [-0.2, 0) is 0 Å². The highest BCUT2D eigenvalue weighted by Gasteiger charge is 2.05. The molecule has 3 heteroatoms. The van der Waals surface area contributed by atoms with Crippen molar-refractivity contribution in [3.8, 4) is 0 Å². The fraction of sp³-hybridized carbons (Fsp3) is 0.400. The molecule has 0 aliphatic heterocycles. The molecule has 0 radical (unpaired) electrons. The number of thioether (sulfide) groups is 1. The van der Waals surface area contributed by atoms with Gasteiger partial charge in [0.2, 0.25) is 0 Å². The molecule has 1 aromatic carbocycles. The van der Waals surface area contributed by atoms with Crippen LogP contribution in [0.1, 0.15) is 13.3 Å². The van der Waals surface area contributed by atoms with Gasteiger partial charge in [-0.1, -0.05) is 13.0 Å². The van der Waals surface area contributed by atoms with Crippen molar-refractivity contribution in [3.63, 3.8) is 0 Å². The molecular formula is C10H14FNS. The second kappa shape index (κ2) is 5.25. The Kier molecular flexibility index (Phi) is 4.25. The lowest BCUT2D eigenvalue weighted by atomic mass is 10.3. The number of rotatable bonds is 4. The summed E-state index contributed by atoms with van der Waals surface area (Å²) in [6.45, 7) is 2.72. The second-order valence-electron chi connectivity index (χ2n) is 2.84. The normalized spacial score (nSPS) is 12.8. The molecule has 13 heavy (non-hydrogen) atoms. The lowest BCUT2D eigenvalue weighted by Crippen LogP contribution is -2.15. The molecule has 2 N–H and O–H groups in total. The Balaban J connectivity index is 2.62. The van der Waals surface area contributed by atoms with Crippen LogP contribution < -0.4 is 5.73 Å². The van der Waals surface area contributed by atoms with E-state index in [0.717, 1.165) is 11.3 Å². The monoisotopic (exact) mass is 199 g/mol. The summed E-state index contributed by atoms with van der Waals surface area (Å²) < 4.78 is 12.8. The molecule has 0 heterocycles. The average molecular weight is 199 g/mol. The van der Waals surface area contributed by atoms with Crippen LogP contribution in [0.15, 0.2) is 29.2 Å².